The number of hydrogen-bond donors (Lipinski definition) is 0. The molecule has 0 aromatic heterocycles. The first kappa shape index (κ1) is 23.2. The van der Waals surface area contributed by atoms with E-state index in [1.165, 1.54) is 75.3 Å². The minimum Gasteiger partial charge on any atom is -0.497 e. The van der Waals surface area contributed by atoms with Crippen molar-refractivity contribution in [2.75, 3.05) is 13.7 Å². The van der Waals surface area contributed by atoms with Crippen LogP contribution in [0, 0.1) is 0 Å². The largest absolute Gasteiger partial charge is 0.497 e. The van der Waals surface area contributed by atoms with Crippen molar-refractivity contribution < 1.29 is 9.31 Å². The number of hydrogen-bond acceptors (Lipinski definition) is 1. The highest BCUT2D eigenvalue weighted by molar-refractivity contribution is 5.75. The second-order valence-corrected chi connectivity index (χ2v) is 8.04. The van der Waals surface area contributed by atoms with Crippen LogP contribution in [0.2, 0.25) is 0 Å². The molecule has 0 aliphatic carbocycles. The lowest BCUT2D eigenvalue weighted by Gasteiger charge is -2.06. The van der Waals surface area contributed by atoms with Crippen molar-refractivity contribution in [3.05, 3.63) is 65.7 Å². The molecule has 2 nitrogen and oxygen atoms in total. The molecule has 0 radical (unpaired) electrons. The summed E-state index contributed by atoms with van der Waals surface area (Å²) < 4.78 is 7.74. The van der Waals surface area contributed by atoms with Crippen molar-refractivity contribution in [3.63, 3.8) is 0 Å². The van der Waals surface area contributed by atoms with E-state index in [1.807, 2.05) is 12.1 Å². The van der Waals surface area contributed by atoms with Gasteiger partial charge in [0.15, 0.2) is 12.8 Å². The predicted octanol–water partition coefficient (Wildman–Crippen LogP) is 7.25. The van der Waals surface area contributed by atoms with Crippen molar-refractivity contribution in [1.82, 2.24) is 0 Å². The molecule has 29 heavy (non-hydrogen) atoms. The highest BCUT2D eigenvalue weighted by atomic mass is 16.5. The topological polar surface area (TPSA) is 12.2 Å². The molecule has 0 amide bonds. The van der Waals surface area contributed by atoms with Crippen LogP contribution in [0.25, 0.3) is 0 Å². The Bertz CT molecular complexity index is 675. The van der Waals surface area contributed by atoms with Gasteiger partial charge in [-0.1, -0.05) is 88.6 Å². The van der Waals surface area contributed by atoms with Gasteiger partial charge in [0.2, 0.25) is 0 Å². The van der Waals surface area contributed by atoms with Crippen LogP contribution in [0.3, 0.4) is 0 Å². The van der Waals surface area contributed by atoms with Crippen molar-refractivity contribution in [2.24, 2.45) is 0 Å². The van der Waals surface area contributed by atoms with Crippen LogP contribution in [0.15, 0.2) is 54.6 Å². The number of methoxy groups -OCH3 is 1. The van der Waals surface area contributed by atoms with E-state index in [4.69, 9.17) is 4.74 Å². The fraction of sp³-hybridized carbons (Fsp3) is 0.519. The molecule has 0 N–H and O–H groups in total. The summed E-state index contributed by atoms with van der Waals surface area (Å²) in [5.74, 6) is 0.909. The standard InChI is InChI=1S/C27H40NO/c1-3-4-5-6-7-8-9-10-11-15-22-28(23-25-16-13-12-14-17-25)24-26-18-20-27(29-2)21-19-26/h12-14,16-21,24H,3-11,15,22-23H2,1-2H3/q+1. The summed E-state index contributed by atoms with van der Waals surface area (Å²) >= 11 is 0. The van der Waals surface area contributed by atoms with Gasteiger partial charge >= 0.3 is 0 Å². The quantitative estimate of drug-likeness (QED) is 0.176. The number of unbranched alkanes of at least 4 members (excludes halogenated alkanes) is 9. The molecule has 0 saturated heterocycles. The number of nitrogens with zero attached hydrogens (tertiary/aromatic N) is 1. The summed E-state index contributed by atoms with van der Waals surface area (Å²) in [5, 5.41) is 0. The zero-order chi connectivity index (χ0) is 20.6. The fourth-order valence-corrected chi connectivity index (χ4v) is 3.71. The first-order valence-corrected chi connectivity index (χ1v) is 11.6. The molecule has 158 valence electrons. The van der Waals surface area contributed by atoms with Crippen LogP contribution in [0.4, 0.5) is 0 Å². The van der Waals surface area contributed by atoms with Gasteiger partial charge in [-0.05, 0) is 30.7 Å². The van der Waals surface area contributed by atoms with Crippen LogP contribution in [0.1, 0.15) is 82.3 Å². The normalized spacial score (nSPS) is 11.6. The molecule has 0 fully saturated rings. The van der Waals surface area contributed by atoms with E-state index < -0.39 is 0 Å². The average molecular weight is 395 g/mol. The van der Waals surface area contributed by atoms with E-state index >= 15 is 0 Å². The van der Waals surface area contributed by atoms with Gasteiger partial charge in [-0.2, -0.15) is 0 Å². The SMILES string of the molecule is CCCCCCCCCCCC[N+](=Cc1ccc(OC)cc1)Cc1ccccc1. The van der Waals surface area contributed by atoms with Crippen LogP contribution in [-0.4, -0.2) is 24.4 Å². The van der Waals surface area contributed by atoms with E-state index in [9.17, 15) is 0 Å². The third-order valence-corrected chi connectivity index (χ3v) is 5.47. The molecule has 0 aliphatic rings. The van der Waals surface area contributed by atoms with Gasteiger partial charge in [-0.15, -0.1) is 0 Å². The molecular formula is C27H40NO+. The van der Waals surface area contributed by atoms with Gasteiger partial charge in [-0.25, -0.2) is 4.58 Å². The van der Waals surface area contributed by atoms with Crippen molar-refractivity contribution in [1.29, 1.82) is 0 Å². The third-order valence-electron chi connectivity index (χ3n) is 5.47. The molecule has 0 heterocycles. The minimum atomic E-state index is 0.909. The van der Waals surface area contributed by atoms with Crippen molar-refractivity contribution in [3.8, 4) is 5.75 Å². The van der Waals surface area contributed by atoms with Crippen LogP contribution >= 0.6 is 0 Å². The first-order valence-electron chi connectivity index (χ1n) is 11.6. The molecule has 2 rings (SSSR count). The van der Waals surface area contributed by atoms with Gasteiger partial charge in [-0.3, -0.25) is 0 Å². The maximum absolute atomic E-state index is 5.28. The summed E-state index contributed by atoms with van der Waals surface area (Å²) in [4.78, 5) is 0. The van der Waals surface area contributed by atoms with Gasteiger partial charge in [0.05, 0.1) is 7.11 Å². The number of benzene rings is 2. The predicted molar refractivity (Wildman–Crippen MR) is 125 cm³/mol. The van der Waals surface area contributed by atoms with Gasteiger partial charge < -0.3 is 4.74 Å². The monoisotopic (exact) mass is 394 g/mol. The van der Waals surface area contributed by atoms with Crippen molar-refractivity contribution in [2.45, 2.75) is 77.7 Å². The van der Waals surface area contributed by atoms with Crippen molar-refractivity contribution >= 4 is 6.21 Å². The molecule has 0 bridgehead atoms. The van der Waals surface area contributed by atoms with Crippen LogP contribution < -0.4 is 4.74 Å². The Labute approximate surface area is 178 Å². The minimum absolute atomic E-state index is 0.909. The summed E-state index contributed by atoms with van der Waals surface area (Å²) in [6.45, 7) is 4.36. The lowest BCUT2D eigenvalue weighted by molar-refractivity contribution is -0.539. The lowest BCUT2D eigenvalue weighted by atomic mass is 10.1. The lowest BCUT2D eigenvalue weighted by Crippen LogP contribution is -2.15. The fourth-order valence-electron chi connectivity index (χ4n) is 3.71. The third kappa shape index (κ3) is 10.3. The highest BCUT2D eigenvalue weighted by Gasteiger charge is 2.07. The Kier molecular flexibility index (Phi) is 11.9. The maximum Gasteiger partial charge on any atom is 0.170 e. The summed E-state index contributed by atoms with van der Waals surface area (Å²) in [6, 6.07) is 19.1. The molecule has 2 aromatic rings. The van der Waals surface area contributed by atoms with E-state index in [1.54, 1.807) is 7.11 Å². The molecule has 0 spiro atoms. The van der Waals surface area contributed by atoms with Crippen LogP contribution in [0.5, 0.6) is 5.75 Å². The number of ether oxygens (including phenoxy) is 1. The van der Waals surface area contributed by atoms with E-state index in [0.29, 0.717) is 0 Å². The molecule has 0 atom stereocenters. The Balaban J connectivity index is 1.78. The Morgan fingerprint density at radius 1 is 0.724 bits per heavy atom. The van der Waals surface area contributed by atoms with Gasteiger partial charge in [0, 0.05) is 17.5 Å². The Morgan fingerprint density at radius 2 is 1.31 bits per heavy atom. The van der Waals surface area contributed by atoms with E-state index in [-0.39, 0.29) is 0 Å². The summed E-state index contributed by atoms with van der Waals surface area (Å²) in [6.07, 6.45) is 16.1. The molecular weight excluding hydrogens is 354 g/mol. The maximum atomic E-state index is 5.28. The smallest absolute Gasteiger partial charge is 0.170 e. The number of rotatable bonds is 15. The molecule has 0 saturated carbocycles. The molecule has 2 heteroatoms. The zero-order valence-electron chi connectivity index (χ0n) is 18.6. The van der Waals surface area contributed by atoms with E-state index in [2.05, 4.69) is 60.2 Å². The van der Waals surface area contributed by atoms with Gasteiger partial charge in [0.1, 0.15) is 12.3 Å². The second-order valence-electron chi connectivity index (χ2n) is 8.04. The van der Waals surface area contributed by atoms with Crippen LogP contribution in [-0.2, 0) is 6.54 Å². The molecule has 0 unspecified atom stereocenters. The average Bonchev–Trinajstić information content (AvgIpc) is 2.76. The van der Waals surface area contributed by atoms with Gasteiger partial charge in [0.25, 0.3) is 0 Å². The second kappa shape index (κ2) is 14.8. The zero-order valence-corrected chi connectivity index (χ0v) is 18.6. The summed E-state index contributed by atoms with van der Waals surface area (Å²) in [5.41, 5.74) is 2.60. The molecule has 0 aliphatic heterocycles. The highest BCUT2D eigenvalue weighted by Crippen LogP contribution is 2.12. The Morgan fingerprint density at radius 3 is 1.90 bits per heavy atom. The molecule has 2 aromatic carbocycles. The summed E-state index contributed by atoms with van der Waals surface area (Å²) in [7, 11) is 1.71. The first-order chi connectivity index (χ1) is 14.3. The van der Waals surface area contributed by atoms with E-state index in [0.717, 1.165) is 18.8 Å². The Hall–Kier alpha value is -2.09.